The minimum atomic E-state index is -0.216. The molecule has 0 aliphatic rings. The standard InChI is InChI=1S/C24H26N2O3.ClH/c1-26(2)16-15-25-24(29)22-6-4-3-5-21(22)23(17-7-11-19(27)12-8-17)18-9-13-20(28)14-10-18;/h3-14,23,27-28H,15-16H2,1-2H3,(H,25,29);1H. The van der Waals surface area contributed by atoms with E-state index in [9.17, 15) is 15.0 Å². The third kappa shape index (κ3) is 5.75. The van der Waals surface area contributed by atoms with Crippen molar-refractivity contribution in [3.8, 4) is 11.5 Å². The number of likely N-dealkylation sites (N-methyl/N-ethyl adjacent to an activating group) is 1. The molecule has 1 amide bonds. The molecule has 3 aromatic carbocycles. The zero-order chi connectivity index (χ0) is 20.8. The van der Waals surface area contributed by atoms with Crippen molar-refractivity contribution in [2.24, 2.45) is 0 Å². The molecule has 0 radical (unpaired) electrons. The molecule has 0 unspecified atom stereocenters. The topological polar surface area (TPSA) is 72.8 Å². The van der Waals surface area contributed by atoms with Gasteiger partial charge in [-0.3, -0.25) is 4.79 Å². The van der Waals surface area contributed by atoms with Crippen molar-refractivity contribution in [3.63, 3.8) is 0 Å². The molecule has 0 aliphatic heterocycles. The molecular weight excluding hydrogens is 400 g/mol. The van der Waals surface area contributed by atoms with E-state index < -0.39 is 0 Å². The number of amides is 1. The highest BCUT2D eigenvalue weighted by Gasteiger charge is 2.22. The lowest BCUT2D eigenvalue weighted by Crippen LogP contribution is -2.32. The van der Waals surface area contributed by atoms with E-state index in [4.69, 9.17) is 0 Å². The first-order valence-corrected chi connectivity index (χ1v) is 9.55. The Balaban J connectivity index is 0.00000320. The summed E-state index contributed by atoms with van der Waals surface area (Å²) in [5.41, 5.74) is 3.37. The van der Waals surface area contributed by atoms with Crippen molar-refractivity contribution in [1.29, 1.82) is 0 Å². The summed E-state index contributed by atoms with van der Waals surface area (Å²) in [5.74, 6) is 0.0397. The lowest BCUT2D eigenvalue weighted by Gasteiger charge is -2.22. The number of halogens is 1. The molecular formula is C24H27ClN2O3. The van der Waals surface area contributed by atoms with Gasteiger partial charge in [-0.15, -0.1) is 12.4 Å². The largest absolute Gasteiger partial charge is 0.508 e. The summed E-state index contributed by atoms with van der Waals surface area (Å²) in [5, 5.41) is 22.4. The third-order valence-electron chi connectivity index (χ3n) is 4.81. The van der Waals surface area contributed by atoms with Crippen LogP contribution in [0, 0.1) is 0 Å². The number of nitrogens with one attached hydrogen (secondary N) is 1. The first-order chi connectivity index (χ1) is 14.0. The first-order valence-electron chi connectivity index (χ1n) is 9.55. The predicted molar refractivity (Wildman–Crippen MR) is 122 cm³/mol. The predicted octanol–water partition coefficient (Wildman–Crippen LogP) is 3.99. The number of nitrogens with zero attached hydrogens (tertiary/aromatic N) is 1. The van der Waals surface area contributed by atoms with Crippen LogP contribution in [0.4, 0.5) is 0 Å². The van der Waals surface area contributed by atoms with Crippen LogP contribution < -0.4 is 5.32 Å². The molecule has 0 spiro atoms. The highest BCUT2D eigenvalue weighted by atomic mass is 35.5. The highest BCUT2D eigenvalue weighted by molar-refractivity contribution is 5.96. The average molecular weight is 427 g/mol. The van der Waals surface area contributed by atoms with E-state index >= 15 is 0 Å². The summed E-state index contributed by atoms with van der Waals surface area (Å²) in [6, 6.07) is 21.5. The molecule has 0 aromatic heterocycles. The van der Waals surface area contributed by atoms with E-state index in [0.29, 0.717) is 12.1 Å². The van der Waals surface area contributed by atoms with Crippen LogP contribution in [0.1, 0.15) is 33.0 Å². The molecule has 3 rings (SSSR count). The van der Waals surface area contributed by atoms with Gasteiger partial charge >= 0.3 is 0 Å². The Morgan fingerprint density at radius 1 is 0.867 bits per heavy atom. The monoisotopic (exact) mass is 426 g/mol. The summed E-state index contributed by atoms with van der Waals surface area (Å²) < 4.78 is 0. The minimum Gasteiger partial charge on any atom is -0.508 e. The van der Waals surface area contributed by atoms with Crippen LogP contribution in [0.5, 0.6) is 11.5 Å². The maximum absolute atomic E-state index is 12.9. The van der Waals surface area contributed by atoms with Gasteiger partial charge in [0.15, 0.2) is 0 Å². The van der Waals surface area contributed by atoms with Crippen molar-refractivity contribution < 1.29 is 15.0 Å². The highest BCUT2D eigenvalue weighted by Crippen LogP contribution is 2.35. The zero-order valence-corrected chi connectivity index (χ0v) is 17.9. The fraction of sp³-hybridized carbons (Fsp3) is 0.208. The quantitative estimate of drug-likeness (QED) is 0.499. The second kappa shape index (κ2) is 10.7. The molecule has 0 heterocycles. The van der Waals surface area contributed by atoms with Crippen LogP contribution in [0.3, 0.4) is 0 Å². The fourth-order valence-corrected chi connectivity index (χ4v) is 3.33. The van der Waals surface area contributed by atoms with E-state index in [0.717, 1.165) is 23.2 Å². The van der Waals surface area contributed by atoms with Crippen molar-refractivity contribution in [1.82, 2.24) is 10.2 Å². The maximum Gasteiger partial charge on any atom is 0.251 e. The van der Waals surface area contributed by atoms with Gasteiger partial charge < -0.3 is 20.4 Å². The molecule has 3 N–H and O–H groups in total. The molecule has 30 heavy (non-hydrogen) atoms. The molecule has 6 heteroatoms. The molecule has 0 saturated heterocycles. The number of phenolic OH excluding ortho intramolecular Hbond substituents is 2. The van der Waals surface area contributed by atoms with E-state index in [2.05, 4.69) is 5.32 Å². The third-order valence-corrected chi connectivity index (χ3v) is 4.81. The smallest absolute Gasteiger partial charge is 0.251 e. The van der Waals surface area contributed by atoms with Crippen molar-refractivity contribution in [2.75, 3.05) is 27.2 Å². The van der Waals surface area contributed by atoms with Crippen LogP contribution in [0.15, 0.2) is 72.8 Å². The van der Waals surface area contributed by atoms with Gasteiger partial charge in [0.1, 0.15) is 11.5 Å². The minimum absolute atomic E-state index is 0. The molecule has 158 valence electrons. The first kappa shape index (κ1) is 23.3. The Morgan fingerprint density at radius 3 is 1.87 bits per heavy atom. The van der Waals surface area contributed by atoms with E-state index in [1.807, 2.05) is 67.5 Å². The van der Waals surface area contributed by atoms with Crippen LogP contribution in [0.25, 0.3) is 0 Å². The van der Waals surface area contributed by atoms with Gasteiger partial charge in [-0.05, 0) is 61.1 Å². The molecule has 5 nitrogen and oxygen atoms in total. The Kier molecular flexibility index (Phi) is 8.27. The van der Waals surface area contributed by atoms with Crippen molar-refractivity contribution >= 4 is 18.3 Å². The summed E-state index contributed by atoms with van der Waals surface area (Å²) in [4.78, 5) is 14.9. The molecule has 0 atom stereocenters. The number of rotatable bonds is 7. The van der Waals surface area contributed by atoms with Crippen molar-refractivity contribution in [2.45, 2.75) is 5.92 Å². The lowest BCUT2D eigenvalue weighted by atomic mass is 9.82. The van der Waals surface area contributed by atoms with Gasteiger partial charge in [-0.25, -0.2) is 0 Å². The Labute approximate surface area is 183 Å². The second-order valence-corrected chi connectivity index (χ2v) is 7.26. The Hall–Kier alpha value is -3.02. The maximum atomic E-state index is 12.9. The molecule has 0 saturated carbocycles. The van der Waals surface area contributed by atoms with Crippen LogP contribution >= 0.6 is 12.4 Å². The second-order valence-electron chi connectivity index (χ2n) is 7.26. The van der Waals surface area contributed by atoms with Gasteiger partial charge in [-0.1, -0.05) is 42.5 Å². The zero-order valence-electron chi connectivity index (χ0n) is 17.1. The average Bonchev–Trinajstić information content (AvgIpc) is 2.71. The SMILES string of the molecule is CN(C)CCNC(=O)c1ccccc1C(c1ccc(O)cc1)c1ccc(O)cc1.Cl. The number of carbonyl (C=O) groups is 1. The van der Waals surface area contributed by atoms with Crippen LogP contribution in [-0.2, 0) is 0 Å². The lowest BCUT2D eigenvalue weighted by molar-refractivity contribution is 0.0950. The summed E-state index contributed by atoms with van der Waals surface area (Å²) in [6.07, 6.45) is 0. The fourth-order valence-electron chi connectivity index (χ4n) is 3.33. The number of aromatic hydroxyl groups is 2. The summed E-state index contributed by atoms with van der Waals surface area (Å²) >= 11 is 0. The van der Waals surface area contributed by atoms with E-state index in [1.54, 1.807) is 24.3 Å². The summed E-state index contributed by atoms with van der Waals surface area (Å²) in [7, 11) is 3.93. The molecule has 0 bridgehead atoms. The van der Waals surface area contributed by atoms with Gasteiger partial charge in [0, 0.05) is 24.6 Å². The van der Waals surface area contributed by atoms with Gasteiger partial charge in [0.2, 0.25) is 0 Å². The molecule has 0 fully saturated rings. The summed E-state index contributed by atoms with van der Waals surface area (Å²) in [6.45, 7) is 1.32. The number of hydrogen-bond donors (Lipinski definition) is 3. The number of phenols is 2. The number of carbonyl (C=O) groups excluding carboxylic acids is 1. The van der Waals surface area contributed by atoms with Gasteiger partial charge in [-0.2, -0.15) is 0 Å². The normalized spacial score (nSPS) is 10.7. The Morgan fingerprint density at radius 2 is 1.37 bits per heavy atom. The van der Waals surface area contributed by atoms with E-state index in [1.165, 1.54) is 0 Å². The Bertz CT molecular complexity index is 911. The van der Waals surface area contributed by atoms with Crippen LogP contribution in [0.2, 0.25) is 0 Å². The van der Waals surface area contributed by atoms with Crippen LogP contribution in [-0.4, -0.2) is 48.2 Å². The molecule has 0 aliphatic carbocycles. The van der Waals surface area contributed by atoms with Crippen molar-refractivity contribution in [3.05, 3.63) is 95.1 Å². The van der Waals surface area contributed by atoms with Gasteiger partial charge in [0.25, 0.3) is 5.91 Å². The number of benzene rings is 3. The van der Waals surface area contributed by atoms with Gasteiger partial charge in [0.05, 0.1) is 0 Å². The molecule has 3 aromatic rings. The number of hydrogen-bond acceptors (Lipinski definition) is 4. The van der Waals surface area contributed by atoms with E-state index in [-0.39, 0.29) is 35.7 Å².